The normalized spacial score (nSPS) is 20.7. The maximum atomic E-state index is 13.9. The highest BCUT2D eigenvalue weighted by molar-refractivity contribution is 14.0. The van der Waals surface area contributed by atoms with Crippen molar-refractivity contribution in [1.29, 1.82) is 0 Å². The standard InChI is InChI=1S/C26H25F2N3O2S.HI/c1-25(20-10-12-29-14-20,23(32)17-11-13-34-15-17)31-16-26(30-24(31)33,18-2-6-21(27)7-3-18)19-4-8-22(28)9-5-19;/h2-9,11,13,15,20,29H,10,12,14,16H2,1H3,(H,30,33);1H. The molecule has 9 heteroatoms. The largest absolute Gasteiger partial charge is 0.322 e. The second kappa shape index (κ2) is 9.94. The van der Waals surface area contributed by atoms with Crippen LogP contribution in [0.3, 0.4) is 0 Å². The summed E-state index contributed by atoms with van der Waals surface area (Å²) in [7, 11) is 0. The van der Waals surface area contributed by atoms with Crippen molar-refractivity contribution in [2.24, 2.45) is 5.92 Å². The molecular weight excluding hydrogens is 583 g/mol. The van der Waals surface area contributed by atoms with E-state index in [1.807, 2.05) is 17.7 Å². The van der Waals surface area contributed by atoms with Crippen molar-refractivity contribution in [2.45, 2.75) is 24.4 Å². The number of nitrogens with one attached hydrogen (secondary N) is 2. The van der Waals surface area contributed by atoms with Crippen molar-refractivity contribution in [3.63, 3.8) is 0 Å². The lowest BCUT2D eigenvalue weighted by atomic mass is 9.76. The van der Waals surface area contributed by atoms with E-state index in [2.05, 4.69) is 10.6 Å². The SMILES string of the molecule is CC(C(=O)c1ccsc1)(C1CCNC1)N1CC(c2ccc(F)cc2)(c2ccc(F)cc2)NC1=O.I. The van der Waals surface area contributed by atoms with Gasteiger partial charge >= 0.3 is 6.03 Å². The second-order valence-electron chi connectivity index (χ2n) is 9.11. The van der Waals surface area contributed by atoms with Gasteiger partial charge in [0.15, 0.2) is 5.78 Å². The van der Waals surface area contributed by atoms with Gasteiger partial charge in [0.25, 0.3) is 0 Å². The average molecular weight is 609 g/mol. The van der Waals surface area contributed by atoms with Crippen molar-refractivity contribution >= 4 is 47.1 Å². The molecule has 3 aromatic rings. The van der Waals surface area contributed by atoms with Crippen molar-refractivity contribution in [2.75, 3.05) is 19.6 Å². The molecule has 2 atom stereocenters. The lowest BCUT2D eigenvalue weighted by molar-refractivity contribution is 0.0563. The molecule has 0 saturated carbocycles. The van der Waals surface area contributed by atoms with Crippen LogP contribution >= 0.6 is 35.3 Å². The van der Waals surface area contributed by atoms with Gasteiger partial charge in [-0.2, -0.15) is 11.3 Å². The molecule has 0 aliphatic carbocycles. The lowest BCUT2D eigenvalue weighted by Gasteiger charge is -2.42. The van der Waals surface area contributed by atoms with Crippen molar-refractivity contribution in [3.8, 4) is 0 Å². The average Bonchev–Trinajstić information content (AvgIpc) is 3.61. The number of carbonyl (C=O) groups is 2. The maximum Gasteiger partial charge on any atom is 0.319 e. The first-order valence-corrected chi connectivity index (χ1v) is 12.2. The van der Waals surface area contributed by atoms with Gasteiger partial charge in [-0.3, -0.25) is 4.79 Å². The van der Waals surface area contributed by atoms with Gasteiger partial charge in [-0.05, 0) is 66.7 Å². The molecule has 0 bridgehead atoms. The van der Waals surface area contributed by atoms with E-state index in [0.29, 0.717) is 23.2 Å². The van der Waals surface area contributed by atoms with Crippen molar-refractivity contribution in [3.05, 3.63) is 93.7 Å². The first kappa shape index (κ1) is 25.7. The molecule has 184 valence electrons. The number of Topliss-reactive ketones (excluding diaryl/α,β-unsaturated/α-hetero) is 1. The molecule has 2 unspecified atom stereocenters. The molecule has 0 radical (unpaired) electrons. The topological polar surface area (TPSA) is 61.4 Å². The number of nitrogens with zero attached hydrogens (tertiary/aromatic N) is 1. The summed E-state index contributed by atoms with van der Waals surface area (Å²) in [4.78, 5) is 29.1. The number of rotatable bonds is 6. The summed E-state index contributed by atoms with van der Waals surface area (Å²) in [6.07, 6.45) is 0.760. The highest BCUT2D eigenvalue weighted by Crippen LogP contribution is 2.42. The summed E-state index contributed by atoms with van der Waals surface area (Å²) >= 11 is 1.44. The van der Waals surface area contributed by atoms with Crippen LogP contribution in [0.15, 0.2) is 65.4 Å². The fourth-order valence-corrected chi connectivity index (χ4v) is 5.92. The maximum absolute atomic E-state index is 13.9. The third-order valence-electron chi connectivity index (χ3n) is 7.29. The van der Waals surface area contributed by atoms with Gasteiger partial charge in [0.2, 0.25) is 0 Å². The molecule has 2 aromatic carbocycles. The summed E-state index contributed by atoms with van der Waals surface area (Å²) in [5.41, 5.74) is -0.275. The Balaban J connectivity index is 0.00000289. The number of ketones is 1. The fraction of sp³-hybridized carbons (Fsp3) is 0.308. The van der Waals surface area contributed by atoms with E-state index in [9.17, 15) is 18.4 Å². The van der Waals surface area contributed by atoms with Crippen LogP contribution in [0.25, 0.3) is 0 Å². The predicted octanol–water partition coefficient (Wildman–Crippen LogP) is 5.16. The molecule has 5 nitrogen and oxygen atoms in total. The fourth-order valence-electron chi connectivity index (χ4n) is 5.28. The molecule has 2 amide bonds. The van der Waals surface area contributed by atoms with E-state index in [4.69, 9.17) is 0 Å². The summed E-state index contributed by atoms with van der Waals surface area (Å²) in [6, 6.07) is 13.3. The van der Waals surface area contributed by atoms with Crippen LogP contribution in [0.5, 0.6) is 0 Å². The van der Waals surface area contributed by atoms with Crippen LogP contribution in [0.4, 0.5) is 13.6 Å². The van der Waals surface area contributed by atoms with Crippen molar-refractivity contribution in [1.82, 2.24) is 15.5 Å². The molecule has 0 spiro atoms. The zero-order chi connectivity index (χ0) is 23.9. The molecule has 5 rings (SSSR count). The van der Waals surface area contributed by atoms with Crippen LogP contribution in [0.1, 0.15) is 34.8 Å². The first-order chi connectivity index (χ1) is 16.3. The van der Waals surface area contributed by atoms with Gasteiger partial charge in [-0.15, -0.1) is 24.0 Å². The Labute approximate surface area is 223 Å². The number of hydrogen-bond acceptors (Lipinski definition) is 4. The number of hydrogen-bond donors (Lipinski definition) is 2. The van der Waals surface area contributed by atoms with Crippen molar-refractivity contribution < 1.29 is 18.4 Å². The highest BCUT2D eigenvalue weighted by Gasteiger charge is 2.56. The summed E-state index contributed by atoms with van der Waals surface area (Å²) in [6.45, 7) is 3.38. The van der Waals surface area contributed by atoms with Crippen LogP contribution in [-0.4, -0.2) is 41.9 Å². The first-order valence-electron chi connectivity index (χ1n) is 11.2. The van der Waals surface area contributed by atoms with Crippen LogP contribution < -0.4 is 10.6 Å². The molecule has 2 fully saturated rings. The lowest BCUT2D eigenvalue weighted by Crippen LogP contribution is -2.59. The zero-order valence-electron chi connectivity index (χ0n) is 19.1. The predicted molar refractivity (Wildman–Crippen MR) is 142 cm³/mol. The third-order valence-corrected chi connectivity index (χ3v) is 7.98. The van der Waals surface area contributed by atoms with E-state index in [1.54, 1.807) is 35.2 Å². The Morgan fingerprint density at radius 3 is 2.14 bits per heavy atom. The van der Waals surface area contributed by atoms with Gasteiger partial charge < -0.3 is 15.5 Å². The smallest absolute Gasteiger partial charge is 0.319 e. The Kier molecular flexibility index (Phi) is 7.31. The molecule has 2 N–H and O–H groups in total. The number of carbonyl (C=O) groups excluding carboxylic acids is 2. The summed E-state index contributed by atoms with van der Waals surface area (Å²) in [5.74, 6) is -0.975. The molecule has 35 heavy (non-hydrogen) atoms. The quantitative estimate of drug-likeness (QED) is 0.300. The van der Waals surface area contributed by atoms with E-state index < -0.39 is 22.7 Å². The van der Waals surface area contributed by atoms with Gasteiger partial charge in [0, 0.05) is 23.4 Å². The Morgan fingerprint density at radius 1 is 1.06 bits per heavy atom. The minimum Gasteiger partial charge on any atom is -0.322 e. The van der Waals surface area contributed by atoms with Crippen LogP contribution in [0.2, 0.25) is 0 Å². The molecule has 3 heterocycles. The number of benzene rings is 2. The zero-order valence-corrected chi connectivity index (χ0v) is 22.2. The summed E-state index contributed by atoms with van der Waals surface area (Å²) < 4.78 is 27.5. The van der Waals surface area contributed by atoms with E-state index in [-0.39, 0.29) is 48.3 Å². The highest BCUT2D eigenvalue weighted by atomic mass is 127. The summed E-state index contributed by atoms with van der Waals surface area (Å²) in [5, 5.41) is 10.1. The molecule has 1 aromatic heterocycles. The Morgan fingerprint density at radius 2 is 1.66 bits per heavy atom. The van der Waals surface area contributed by atoms with Gasteiger partial charge in [0.1, 0.15) is 22.7 Å². The number of urea groups is 1. The molecular formula is C26H26F2IN3O2S. The minimum atomic E-state index is -1.10. The number of amides is 2. The van der Waals surface area contributed by atoms with E-state index >= 15 is 0 Å². The molecule has 2 aliphatic rings. The monoisotopic (exact) mass is 609 g/mol. The van der Waals surface area contributed by atoms with E-state index in [1.165, 1.54) is 35.6 Å². The van der Waals surface area contributed by atoms with Gasteiger partial charge in [0.05, 0.1) is 6.54 Å². The molecule has 2 aliphatic heterocycles. The Bertz CT molecular complexity index is 1150. The minimum absolute atomic E-state index is 0. The molecule has 2 saturated heterocycles. The Hall–Kier alpha value is -2.37. The number of halogens is 3. The van der Waals surface area contributed by atoms with Gasteiger partial charge in [-0.1, -0.05) is 24.3 Å². The van der Waals surface area contributed by atoms with Crippen LogP contribution in [-0.2, 0) is 5.54 Å². The van der Waals surface area contributed by atoms with E-state index in [0.717, 1.165) is 13.0 Å². The second-order valence-corrected chi connectivity index (χ2v) is 9.89. The van der Waals surface area contributed by atoms with Gasteiger partial charge in [-0.25, -0.2) is 13.6 Å². The number of thiophene rings is 1. The third kappa shape index (κ3) is 4.38. The van der Waals surface area contributed by atoms with Crippen LogP contribution in [0, 0.1) is 17.6 Å².